The van der Waals surface area contributed by atoms with Gasteiger partial charge in [0.05, 0.1) is 4.70 Å². The van der Waals surface area contributed by atoms with Crippen molar-refractivity contribution in [3.63, 3.8) is 0 Å². The number of rotatable bonds is 3. The Morgan fingerprint density at radius 2 is 1.81 bits per heavy atom. The third kappa shape index (κ3) is 3.39. The first-order valence-corrected chi connectivity index (χ1v) is 10.7. The van der Waals surface area contributed by atoms with Crippen molar-refractivity contribution < 1.29 is 14.0 Å². The summed E-state index contributed by atoms with van der Waals surface area (Å²) >= 11 is 1.53. The van der Waals surface area contributed by atoms with Gasteiger partial charge in [0.25, 0.3) is 11.8 Å². The summed E-state index contributed by atoms with van der Waals surface area (Å²) in [4.78, 5) is 30.8. The lowest BCUT2D eigenvalue weighted by molar-refractivity contribution is -0.140. The predicted molar refractivity (Wildman–Crippen MR) is 120 cm³/mol. The first-order valence-electron chi connectivity index (χ1n) is 9.93. The summed E-state index contributed by atoms with van der Waals surface area (Å²) in [6.07, 6.45) is 1.58. The SMILES string of the molecule is CCN1C(=O)C(C#N)=C(C)/C(=C/c2cc3sc(-c4c(C)cc(C)cc4C)nc3o2)C1=O. The van der Waals surface area contributed by atoms with Gasteiger partial charge in [-0.3, -0.25) is 14.5 Å². The van der Waals surface area contributed by atoms with E-state index in [-0.39, 0.29) is 17.7 Å². The Labute approximate surface area is 184 Å². The first kappa shape index (κ1) is 20.8. The number of thiazole rings is 1. The molecule has 6 nitrogen and oxygen atoms in total. The molecule has 1 aliphatic rings. The Balaban J connectivity index is 1.77. The fourth-order valence-corrected chi connectivity index (χ4v) is 5.12. The van der Waals surface area contributed by atoms with Crippen LogP contribution < -0.4 is 0 Å². The van der Waals surface area contributed by atoms with Crippen LogP contribution in [0, 0.1) is 32.1 Å². The summed E-state index contributed by atoms with van der Waals surface area (Å²) in [6.45, 7) is 9.73. The van der Waals surface area contributed by atoms with Gasteiger partial charge in [-0.05, 0) is 57.4 Å². The molecule has 0 atom stereocenters. The molecule has 0 unspecified atom stereocenters. The van der Waals surface area contributed by atoms with E-state index < -0.39 is 11.8 Å². The number of nitriles is 1. The molecule has 3 heterocycles. The highest BCUT2D eigenvalue weighted by Gasteiger charge is 2.34. The molecule has 2 aromatic heterocycles. The van der Waals surface area contributed by atoms with Gasteiger partial charge in [0.1, 0.15) is 22.4 Å². The summed E-state index contributed by atoms with van der Waals surface area (Å²) in [5.74, 6) is -0.522. The highest BCUT2D eigenvalue weighted by atomic mass is 32.1. The molecular formula is C24H21N3O3S. The number of likely N-dealkylation sites (N-methyl/N-ethyl adjacent to an activating group) is 1. The number of fused-ring (bicyclic) bond motifs is 1. The molecule has 31 heavy (non-hydrogen) atoms. The van der Waals surface area contributed by atoms with Gasteiger partial charge in [0.2, 0.25) is 5.71 Å². The van der Waals surface area contributed by atoms with Crippen molar-refractivity contribution in [1.29, 1.82) is 5.26 Å². The Hall–Kier alpha value is -3.50. The molecule has 0 saturated heterocycles. The minimum atomic E-state index is -0.555. The third-order valence-corrected chi connectivity index (χ3v) is 6.43. The molecule has 7 heteroatoms. The number of benzene rings is 1. The second kappa shape index (κ2) is 7.64. The highest BCUT2D eigenvalue weighted by Crippen LogP contribution is 2.37. The van der Waals surface area contributed by atoms with E-state index in [0.717, 1.165) is 31.3 Å². The number of hydrogen-bond acceptors (Lipinski definition) is 6. The molecule has 0 aliphatic carbocycles. The largest absolute Gasteiger partial charge is 0.437 e. The topological polar surface area (TPSA) is 87.2 Å². The molecule has 0 N–H and O–H groups in total. The van der Waals surface area contributed by atoms with Crippen LogP contribution in [0.4, 0.5) is 0 Å². The average molecular weight is 432 g/mol. The van der Waals surface area contributed by atoms with E-state index >= 15 is 0 Å². The zero-order valence-corrected chi connectivity index (χ0v) is 18.8. The van der Waals surface area contributed by atoms with Gasteiger partial charge in [0, 0.05) is 23.7 Å². The lowest BCUT2D eigenvalue weighted by Crippen LogP contribution is -2.42. The van der Waals surface area contributed by atoms with Crippen LogP contribution in [0.2, 0.25) is 0 Å². The second-order valence-electron chi connectivity index (χ2n) is 7.64. The van der Waals surface area contributed by atoms with Gasteiger partial charge in [0.15, 0.2) is 0 Å². The second-order valence-corrected chi connectivity index (χ2v) is 8.67. The van der Waals surface area contributed by atoms with Crippen LogP contribution in [0.15, 0.2) is 39.3 Å². The Kier molecular flexibility index (Phi) is 5.11. The maximum Gasteiger partial charge on any atom is 0.271 e. The molecule has 1 aliphatic heterocycles. The average Bonchev–Trinajstić information content (AvgIpc) is 3.23. The van der Waals surface area contributed by atoms with Crippen LogP contribution in [0.1, 0.15) is 36.3 Å². The number of aryl methyl sites for hydroxylation is 3. The van der Waals surface area contributed by atoms with Gasteiger partial charge in [-0.1, -0.05) is 17.7 Å². The van der Waals surface area contributed by atoms with Crippen molar-refractivity contribution >= 4 is 39.6 Å². The van der Waals surface area contributed by atoms with E-state index in [4.69, 9.17) is 4.42 Å². The number of imide groups is 1. The summed E-state index contributed by atoms with van der Waals surface area (Å²) in [6, 6.07) is 8.03. The van der Waals surface area contributed by atoms with Crippen LogP contribution in [-0.2, 0) is 9.59 Å². The first-order chi connectivity index (χ1) is 14.7. The van der Waals surface area contributed by atoms with Gasteiger partial charge in [-0.2, -0.15) is 5.26 Å². The van der Waals surface area contributed by atoms with Crippen molar-refractivity contribution in [2.24, 2.45) is 0 Å². The van der Waals surface area contributed by atoms with Crippen molar-refractivity contribution in [1.82, 2.24) is 9.88 Å². The quantitative estimate of drug-likeness (QED) is 0.426. The van der Waals surface area contributed by atoms with Crippen molar-refractivity contribution in [2.45, 2.75) is 34.6 Å². The molecule has 0 bridgehead atoms. The van der Waals surface area contributed by atoms with Crippen molar-refractivity contribution in [2.75, 3.05) is 6.54 Å². The van der Waals surface area contributed by atoms with Crippen LogP contribution in [-0.4, -0.2) is 28.2 Å². The molecule has 156 valence electrons. The molecule has 3 aromatic rings. The minimum Gasteiger partial charge on any atom is -0.437 e. The van der Waals surface area contributed by atoms with Crippen molar-refractivity contribution in [3.05, 3.63) is 57.4 Å². The number of carbonyl (C=O) groups excluding carboxylic acids is 2. The van der Waals surface area contributed by atoms with E-state index in [9.17, 15) is 14.9 Å². The monoisotopic (exact) mass is 431 g/mol. The molecule has 2 amide bonds. The van der Waals surface area contributed by atoms with E-state index in [0.29, 0.717) is 17.0 Å². The van der Waals surface area contributed by atoms with E-state index in [1.807, 2.05) is 12.1 Å². The maximum absolute atomic E-state index is 12.8. The zero-order valence-electron chi connectivity index (χ0n) is 18.0. The Morgan fingerprint density at radius 1 is 1.13 bits per heavy atom. The van der Waals surface area contributed by atoms with Crippen LogP contribution in [0.25, 0.3) is 27.1 Å². The highest BCUT2D eigenvalue weighted by molar-refractivity contribution is 7.21. The molecule has 0 saturated carbocycles. The lowest BCUT2D eigenvalue weighted by atomic mass is 9.95. The van der Waals surface area contributed by atoms with Crippen LogP contribution in [0.3, 0.4) is 0 Å². The predicted octanol–water partition coefficient (Wildman–Crippen LogP) is 5.09. The Morgan fingerprint density at radius 3 is 2.39 bits per heavy atom. The van der Waals surface area contributed by atoms with E-state index in [1.165, 1.54) is 16.9 Å². The molecule has 1 aromatic carbocycles. The summed E-state index contributed by atoms with van der Waals surface area (Å²) < 4.78 is 6.77. The van der Waals surface area contributed by atoms with Gasteiger partial charge in [-0.15, -0.1) is 11.3 Å². The molecular weight excluding hydrogens is 410 g/mol. The van der Waals surface area contributed by atoms with Gasteiger partial charge >= 0.3 is 0 Å². The fourth-order valence-electron chi connectivity index (χ4n) is 4.01. The fraction of sp³-hybridized carbons (Fsp3) is 0.250. The molecule has 0 radical (unpaired) electrons. The summed E-state index contributed by atoms with van der Waals surface area (Å²) in [5, 5.41) is 10.3. The van der Waals surface area contributed by atoms with E-state index in [2.05, 4.69) is 37.9 Å². The summed E-state index contributed by atoms with van der Waals surface area (Å²) in [5.41, 5.74) is 5.78. The van der Waals surface area contributed by atoms with Crippen molar-refractivity contribution in [3.8, 4) is 16.6 Å². The number of nitrogens with zero attached hydrogens (tertiary/aromatic N) is 3. The standard InChI is InChI=1S/C24H21N3O3S/c1-6-27-23(28)17(15(5)18(11-25)24(27)29)9-16-10-19-21(30-16)26-22(31-19)20-13(3)7-12(2)8-14(20)4/h7-10H,6H2,1-5H3/b17-9-. The molecule has 4 rings (SSSR count). The molecule has 0 fully saturated rings. The Bertz CT molecular complexity index is 1310. The molecule has 0 spiro atoms. The van der Waals surface area contributed by atoms with Crippen LogP contribution in [0.5, 0.6) is 0 Å². The van der Waals surface area contributed by atoms with E-state index in [1.54, 1.807) is 19.9 Å². The number of aromatic nitrogens is 1. The number of furan rings is 1. The van der Waals surface area contributed by atoms with Gasteiger partial charge in [-0.25, -0.2) is 4.98 Å². The smallest absolute Gasteiger partial charge is 0.271 e. The maximum atomic E-state index is 12.8. The normalized spacial score (nSPS) is 16.0. The zero-order chi connectivity index (χ0) is 22.4. The number of amides is 2. The summed E-state index contributed by atoms with van der Waals surface area (Å²) in [7, 11) is 0. The number of carbonyl (C=O) groups is 2. The van der Waals surface area contributed by atoms with Gasteiger partial charge < -0.3 is 4.42 Å². The number of hydrogen-bond donors (Lipinski definition) is 0. The van der Waals surface area contributed by atoms with Crippen LogP contribution >= 0.6 is 11.3 Å². The lowest BCUT2D eigenvalue weighted by Gasteiger charge is -2.25. The minimum absolute atomic E-state index is 0.0215. The third-order valence-electron chi connectivity index (χ3n) is 5.43.